The fourth-order valence-electron chi connectivity index (χ4n) is 2.93. The summed E-state index contributed by atoms with van der Waals surface area (Å²) >= 11 is 0. The molecular weight excluding hydrogens is 386 g/mol. The maximum atomic E-state index is 12.5. The average Bonchev–Trinajstić information content (AvgIpc) is 3.14. The van der Waals surface area contributed by atoms with Gasteiger partial charge < -0.3 is 24.3 Å². The third-order valence-corrected chi connectivity index (χ3v) is 4.24. The number of carbonyl (C=O) groups excluding carboxylic acids is 1. The summed E-state index contributed by atoms with van der Waals surface area (Å²) in [5, 5.41) is 2.84. The number of fused-ring (bicyclic) bond motifs is 1. The Balaban J connectivity index is 1.51. The molecule has 0 radical (unpaired) electrons. The lowest BCUT2D eigenvalue weighted by atomic mass is 10.2. The molecule has 0 atom stereocenters. The van der Waals surface area contributed by atoms with E-state index in [-0.39, 0.29) is 30.7 Å². The van der Waals surface area contributed by atoms with Crippen molar-refractivity contribution >= 4 is 5.91 Å². The molecule has 0 fully saturated rings. The Hall–Kier alpha value is -3.07. The van der Waals surface area contributed by atoms with Gasteiger partial charge in [-0.1, -0.05) is 12.1 Å². The molecule has 1 aliphatic heterocycles. The van der Waals surface area contributed by atoms with Gasteiger partial charge in [-0.2, -0.15) is 8.78 Å². The predicted molar refractivity (Wildman–Crippen MR) is 100 cm³/mol. The molecule has 1 amide bonds. The van der Waals surface area contributed by atoms with Crippen LogP contribution >= 0.6 is 0 Å². The summed E-state index contributed by atoms with van der Waals surface area (Å²) in [4.78, 5) is 14.0. The number of amides is 1. The van der Waals surface area contributed by atoms with Crippen LogP contribution in [0.1, 0.15) is 11.1 Å². The second kappa shape index (κ2) is 9.42. The summed E-state index contributed by atoms with van der Waals surface area (Å²) in [7, 11) is 3.14. The number of hydrogen-bond acceptors (Lipinski definition) is 6. The molecule has 1 N–H and O–H groups in total. The monoisotopic (exact) mass is 408 g/mol. The largest absolute Gasteiger partial charge is 0.493 e. The number of benzene rings is 2. The van der Waals surface area contributed by atoms with Gasteiger partial charge in [0.15, 0.2) is 23.0 Å². The molecule has 2 aromatic rings. The van der Waals surface area contributed by atoms with Gasteiger partial charge >= 0.3 is 6.61 Å². The van der Waals surface area contributed by atoms with Crippen molar-refractivity contribution in [1.29, 1.82) is 0 Å². The Labute approximate surface area is 167 Å². The van der Waals surface area contributed by atoms with E-state index in [1.54, 1.807) is 30.1 Å². The van der Waals surface area contributed by atoms with Gasteiger partial charge in [0.1, 0.15) is 0 Å². The van der Waals surface area contributed by atoms with Crippen LogP contribution in [-0.2, 0) is 17.9 Å². The average molecular weight is 408 g/mol. The minimum Gasteiger partial charge on any atom is -0.493 e. The van der Waals surface area contributed by atoms with Crippen LogP contribution in [0.15, 0.2) is 36.4 Å². The predicted octanol–water partition coefficient (Wildman–Crippen LogP) is 2.77. The van der Waals surface area contributed by atoms with Crippen LogP contribution in [0.25, 0.3) is 0 Å². The van der Waals surface area contributed by atoms with E-state index in [1.807, 2.05) is 12.1 Å². The van der Waals surface area contributed by atoms with Crippen molar-refractivity contribution in [1.82, 2.24) is 10.2 Å². The van der Waals surface area contributed by atoms with Crippen molar-refractivity contribution in [3.05, 3.63) is 47.5 Å². The molecule has 3 rings (SSSR count). The highest BCUT2D eigenvalue weighted by molar-refractivity contribution is 5.78. The summed E-state index contributed by atoms with van der Waals surface area (Å²) in [6, 6.07) is 10.3. The number of nitrogens with zero attached hydrogens (tertiary/aromatic N) is 1. The van der Waals surface area contributed by atoms with Gasteiger partial charge in [-0.05, 0) is 42.4 Å². The third-order valence-electron chi connectivity index (χ3n) is 4.24. The SMILES string of the molecule is COc1ccc(CN(C)CC(=O)NCc2ccc3c(c2)OCO3)cc1OC(F)F. The van der Waals surface area contributed by atoms with E-state index in [2.05, 4.69) is 10.1 Å². The van der Waals surface area contributed by atoms with Crippen LogP contribution in [0.5, 0.6) is 23.0 Å². The van der Waals surface area contributed by atoms with E-state index < -0.39 is 6.61 Å². The number of hydrogen-bond donors (Lipinski definition) is 1. The summed E-state index contributed by atoms with van der Waals surface area (Å²) in [5.41, 5.74) is 1.61. The minimum atomic E-state index is -2.95. The molecule has 0 bridgehead atoms. The fraction of sp³-hybridized carbons (Fsp3) is 0.350. The van der Waals surface area contributed by atoms with Crippen molar-refractivity contribution in [2.75, 3.05) is 27.5 Å². The first kappa shape index (κ1) is 20.7. The maximum absolute atomic E-state index is 12.5. The van der Waals surface area contributed by atoms with Gasteiger partial charge in [0, 0.05) is 13.1 Å². The molecule has 1 heterocycles. The van der Waals surface area contributed by atoms with E-state index in [9.17, 15) is 13.6 Å². The Kier molecular flexibility index (Phi) is 6.71. The van der Waals surface area contributed by atoms with Crippen LogP contribution in [0.2, 0.25) is 0 Å². The topological polar surface area (TPSA) is 69.3 Å². The maximum Gasteiger partial charge on any atom is 0.387 e. The molecule has 0 spiro atoms. The quantitative estimate of drug-likeness (QED) is 0.688. The minimum absolute atomic E-state index is 0.0411. The normalized spacial score (nSPS) is 12.3. The van der Waals surface area contributed by atoms with Gasteiger partial charge in [0.25, 0.3) is 0 Å². The Morgan fingerprint density at radius 1 is 1.14 bits per heavy atom. The molecule has 9 heteroatoms. The number of carbonyl (C=O) groups is 1. The van der Waals surface area contributed by atoms with Gasteiger partial charge in [-0.25, -0.2) is 0 Å². The van der Waals surface area contributed by atoms with Crippen molar-refractivity contribution in [3.63, 3.8) is 0 Å². The van der Waals surface area contributed by atoms with Gasteiger partial charge in [0.2, 0.25) is 12.7 Å². The molecule has 1 aliphatic rings. The Morgan fingerprint density at radius 2 is 1.90 bits per heavy atom. The lowest BCUT2D eigenvalue weighted by molar-refractivity contribution is -0.122. The second-order valence-electron chi connectivity index (χ2n) is 6.50. The number of likely N-dealkylation sites (N-methyl/N-ethyl adjacent to an activating group) is 1. The molecule has 0 saturated carbocycles. The lowest BCUT2D eigenvalue weighted by Gasteiger charge is -2.18. The highest BCUT2D eigenvalue weighted by Gasteiger charge is 2.15. The first-order valence-electron chi connectivity index (χ1n) is 8.90. The van der Waals surface area contributed by atoms with Crippen molar-refractivity contribution < 1.29 is 32.5 Å². The zero-order valence-electron chi connectivity index (χ0n) is 16.1. The summed E-state index contributed by atoms with van der Waals surface area (Å²) in [6.07, 6.45) is 0. The van der Waals surface area contributed by atoms with Crippen LogP contribution in [0, 0.1) is 0 Å². The number of rotatable bonds is 9. The van der Waals surface area contributed by atoms with Gasteiger partial charge in [0.05, 0.1) is 13.7 Å². The summed E-state index contributed by atoms with van der Waals surface area (Å²) in [5.74, 6) is 1.37. The Bertz CT molecular complexity index is 863. The highest BCUT2D eigenvalue weighted by Crippen LogP contribution is 2.32. The molecule has 0 unspecified atom stereocenters. The number of nitrogens with one attached hydrogen (secondary N) is 1. The molecule has 0 aromatic heterocycles. The van der Waals surface area contributed by atoms with Crippen molar-refractivity contribution in [2.24, 2.45) is 0 Å². The Morgan fingerprint density at radius 3 is 2.66 bits per heavy atom. The zero-order chi connectivity index (χ0) is 20.8. The van der Waals surface area contributed by atoms with E-state index in [0.717, 1.165) is 5.56 Å². The van der Waals surface area contributed by atoms with Gasteiger partial charge in [-0.3, -0.25) is 9.69 Å². The zero-order valence-corrected chi connectivity index (χ0v) is 16.1. The summed E-state index contributed by atoms with van der Waals surface area (Å²) in [6.45, 7) is -1.87. The number of alkyl halides is 2. The molecule has 156 valence electrons. The molecule has 7 nitrogen and oxygen atoms in total. The van der Waals surface area contributed by atoms with Crippen molar-refractivity contribution in [3.8, 4) is 23.0 Å². The standard InChI is InChI=1S/C20H22F2N2O5/c1-24(10-14-4-5-15(26-2)18(8-14)29-20(21)22)11-19(25)23-9-13-3-6-16-17(7-13)28-12-27-16/h3-8,20H,9-12H2,1-2H3,(H,23,25). The van der Waals surface area contributed by atoms with Crippen LogP contribution in [0.4, 0.5) is 8.78 Å². The van der Waals surface area contributed by atoms with E-state index >= 15 is 0 Å². The first-order valence-corrected chi connectivity index (χ1v) is 8.90. The van der Waals surface area contributed by atoms with Crippen LogP contribution in [-0.4, -0.2) is 44.9 Å². The van der Waals surface area contributed by atoms with E-state index in [1.165, 1.54) is 13.2 Å². The van der Waals surface area contributed by atoms with Crippen molar-refractivity contribution in [2.45, 2.75) is 19.7 Å². The van der Waals surface area contributed by atoms with E-state index in [0.29, 0.717) is 30.2 Å². The summed E-state index contributed by atoms with van der Waals surface area (Å²) < 4.78 is 45.2. The fourth-order valence-corrected chi connectivity index (χ4v) is 2.93. The molecule has 29 heavy (non-hydrogen) atoms. The molecule has 0 saturated heterocycles. The van der Waals surface area contributed by atoms with E-state index in [4.69, 9.17) is 14.2 Å². The van der Waals surface area contributed by atoms with Crippen LogP contribution < -0.4 is 24.3 Å². The third kappa shape index (κ3) is 5.71. The second-order valence-corrected chi connectivity index (χ2v) is 6.50. The van der Waals surface area contributed by atoms with Gasteiger partial charge in [-0.15, -0.1) is 0 Å². The molecule has 2 aromatic carbocycles. The highest BCUT2D eigenvalue weighted by atomic mass is 19.3. The molecule has 0 aliphatic carbocycles. The molecular formula is C20H22F2N2O5. The smallest absolute Gasteiger partial charge is 0.387 e. The van der Waals surface area contributed by atoms with Crippen LogP contribution in [0.3, 0.4) is 0 Å². The lowest BCUT2D eigenvalue weighted by Crippen LogP contribution is -2.34. The number of ether oxygens (including phenoxy) is 4. The first-order chi connectivity index (χ1) is 13.9. The number of methoxy groups -OCH3 is 1. The number of halogens is 2.